The standard InChI is InChI=1S/C10H14FNO3S2/c1-8(16(2)13)7-12-17(14,15)10-5-3-9(11)4-6-10/h3-6,8,12H,7H2,1-2H3. The van der Waals surface area contributed by atoms with Crippen molar-refractivity contribution in [2.75, 3.05) is 12.8 Å². The quantitative estimate of drug-likeness (QED) is 0.870. The fourth-order valence-corrected chi connectivity index (χ4v) is 2.60. The Hall–Kier alpha value is -0.790. The number of hydrogen-bond donors (Lipinski definition) is 1. The van der Waals surface area contributed by atoms with Crippen LogP contribution in [-0.4, -0.2) is 30.7 Å². The van der Waals surface area contributed by atoms with Crippen LogP contribution in [0, 0.1) is 5.82 Å². The Morgan fingerprint density at radius 2 is 1.88 bits per heavy atom. The van der Waals surface area contributed by atoms with Crippen molar-refractivity contribution in [1.29, 1.82) is 0 Å². The van der Waals surface area contributed by atoms with Crippen molar-refractivity contribution in [2.45, 2.75) is 17.1 Å². The summed E-state index contributed by atoms with van der Waals surface area (Å²) in [6, 6.07) is 4.53. The highest BCUT2D eigenvalue weighted by atomic mass is 32.2. The van der Waals surface area contributed by atoms with Gasteiger partial charge in [-0.2, -0.15) is 0 Å². The zero-order valence-electron chi connectivity index (χ0n) is 9.51. The van der Waals surface area contributed by atoms with Crippen LogP contribution >= 0.6 is 0 Å². The number of rotatable bonds is 5. The van der Waals surface area contributed by atoms with E-state index in [1.54, 1.807) is 6.92 Å². The SMILES string of the molecule is CC(CNS(=O)(=O)c1ccc(F)cc1)S(C)=O. The Labute approximate surface area is 103 Å². The molecule has 0 aliphatic rings. The number of halogens is 1. The molecule has 0 amide bonds. The zero-order valence-corrected chi connectivity index (χ0v) is 11.1. The molecule has 4 nitrogen and oxygen atoms in total. The molecule has 0 radical (unpaired) electrons. The number of benzene rings is 1. The molecule has 2 unspecified atom stereocenters. The second-order valence-electron chi connectivity index (χ2n) is 3.62. The molecule has 0 spiro atoms. The second-order valence-corrected chi connectivity index (χ2v) is 7.18. The molecule has 0 aliphatic carbocycles. The molecule has 0 aromatic heterocycles. The van der Waals surface area contributed by atoms with Crippen LogP contribution in [0.2, 0.25) is 0 Å². The monoisotopic (exact) mass is 279 g/mol. The van der Waals surface area contributed by atoms with Gasteiger partial charge in [0, 0.05) is 28.9 Å². The zero-order chi connectivity index (χ0) is 13.1. The van der Waals surface area contributed by atoms with E-state index in [2.05, 4.69) is 4.72 Å². The van der Waals surface area contributed by atoms with Gasteiger partial charge in [-0.1, -0.05) is 0 Å². The first-order chi connectivity index (χ1) is 7.83. The van der Waals surface area contributed by atoms with Crippen LogP contribution in [0.4, 0.5) is 4.39 Å². The second kappa shape index (κ2) is 5.70. The normalized spacial score (nSPS) is 15.5. The van der Waals surface area contributed by atoms with E-state index in [0.29, 0.717) is 0 Å². The largest absolute Gasteiger partial charge is 0.260 e. The highest BCUT2D eigenvalue weighted by molar-refractivity contribution is 7.89. The van der Waals surface area contributed by atoms with Gasteiger partial charge in [-0.3, -0.25) is 4.21 Å². The van der Waals surface area contributed by atoms with Crippen LogP contribution in [0.5, 0.6) is 0 Å². The van der Waals surface area contributed by atoms with Gasteiger partial charge in [0.05, 0.1) is 4.90 Å². The average Bonchev–Trinajstić information content (AvgIpc) is 2.26. The molecule has 1 rings (SSSR count). The highest BCUT2D eigenvalue weighted by Crippen LogP contribution is 2.09. The number of hydrogen-bond acceptors (Lipinski definition) is 3. The van der Waals surface area contributed by atoms with Crippen molar-refractivity contribution < 1.29 is 17.0 Å². The molecule has 1 N–H and O–H groups in total. The fourth-order valence-electron chi connectivity index (χ4n) is 1.04. The van der Waals surface area contributed by atoms with Gasteiger partial charge in [0.1, 0.15) is 5.82 Å². The lowest BCUT2D eigenvalue weighted by molar-refractivity contribution is 0.579. The third kappa shape index (κ3) is 4.18. The van der Waals surface area contributed by atoms with E-state index in [-0.39, 0.29) is 16.7 Å². The lowest BCUT2D eigenvalue weighted by Crippen LogP contribution is -2.32. The van der Waals surface area contributed by atoms with Crippen LogP contribution in [0.25, 0.3) is 0 Å². The smallest absolute Gasteiger partial charge is 0.240 e. The summed E-state index contributed by atoms with van der Waals surface area (Å²) < 4.78 is 49.5. The van der Waals surface area contributed by atoms with Crippen molar-refractivity contribution in [1.82, 2.24) is 4.72 Å². The minimum atomic E-state index is -3.66. The summed E-state index contributed by atoms with van der Waals surface area (Å²) in [4.78, 5) is -0.00650. The van der Waals surface area contributed by atoms with Gasteiger partial charge in [0.25, 0.3) is 0 Å². The molecule has 2 atom stereocenters. The predicted octanol–water partition coefficient (Wildman–Crippen LogP) is 0.871. The van der Waals surface area contributed by atoms with Crippen molar-refractivity contribution in [3.8, 4) is 0 Å². The Kier molecular flexibility index (Phi) is 4.79. The molecule has 0 saturated carbocycles. The molecular weight excluding hydrogens is 265 g/mol. The van der Waals surface area contributed by atoms with E-state index in [0.717, 1.165) is 12.1 Å². The van der Waals surface area contributed by atoms with Gasteiger partial charge < -0.3 is 0 Å². The first kappa shape index (κ1) is 14.3. The Morgan fingerprint density at radius 3 is 2.35 bits per heavy atom. The number of nitrogens with one attached hydrogen (secondary N) is 1. The first-order valence-corrected chi connectivity index (χ1v) is 8.01. The van der Waals surface area contributed by atoms with Crippen molar-refractivity contribution in [3.05, 3.63) is 30.1 Å². The van der Waals surface area contributed by atoms with Gasteiger partial charge >= 0.3 is 0 Å². The molecule has 0 fully saturated rings. The molecule has 1 aromatic carbocycles. The maximum Gasteiger partial charge on any atom is 0.240 e. The topological polar surface area (TPSA) is 63.2 Å². The van der Waals surface area contributed by atoms with E-state index in [4.69, 9.17) is 0 Å². The lowest BCUT2D eigenvalue weighted by atomic mass is 10.4. The molecule has 17 heavy (non-hydrogen) atoms. The van der Waals surface area contributed by atoms with Gasteiger partial charge in [-0.25, -0.2) is 17.5 Å². The van der Waals surface area contributed by atoms with Crippen LogP contribution < -0.4 is 4.72 Å². The summed E-state index contributed by atoms with van der Waals surface area (Å²) in [5.41, 5.74) is 0. The summed E-state index contributed by atoms with van der Waals surface area (Å²) in [6.07, 6.45) is 1.51. The van der Waals surface area contributed by atoms with Crippen molar-refractivity contribution in [3.63, 3.8) is 0 Å². The maximum absolute atomic E-state index is 12.6. The molecule has 0 bridgehead atoms. The molecular formula is C10H14FNO3S2. The Morgan fingerprint density at radius 1 is 1.35 bits per heavy atom. The molecule has 0 aliphatic heterocycles. The Balaban J connectivity index is 2.76. The molecule has 96 valence electrons. The third-order valence-electron chi connectivity index (χ3n) is 2.25. The predicted molar refractivity (Wildman–Crippen MR) is 65.1 cm³/mol. The maximum atomic E-state index is 12.6. The van der Waals surface area contributed by atoms with Gasteiger partial charge in [0.2, 0.25) is 10.0 Å². The molecule has 0 heterocycles. The van der Waals surface area contributed by atoms with Crippen LogP contribution in [-0.2, 0) is 20.8 Å². The van der Waals surface area contributed by atoms with Crippen LogP contribution in [0.1, 0.15) is 6.92 Å². The van der Waals surface area contributed by atoms with E-state index < -0.39 is 26.6 Å². The summed E-state index contributed by atoms with van der Waals surface area (Å²) in [6.45, 7) is 1.77. The van der Waals surface area contributed by atoms with E-state index in [9.17, 15) is 17.0 Å². The van der Waals surface area contributed by atoms with E-state index >= 15 is 0 Å². The van der Waals surface area contributed by atoms with Crippen LogP contribution in [0.3, 0.4) is 0 Å². The first-order valence-electron chi connectivity index (χ1n) is 4.90. The molecule has 1 aromatic rings. The minimum Gasteiger partial charge on any atom is -0.260 e. The summed E-state index contributed by atoms with van der Waals surface area (Å²) in [5, 5.41) is -0.273. The van der Waals surface area contributed by atoms with Gasteiger partial charge in [0.15, 0.2) is 0 Å². The summed E-state index contributed by atoms with van der Waals surface area (Å²) in [5.74, 6) is -0.494. The lowest BCUT2D eigenvalue weighted by Gasteiger charge is -2.10. The summed E-state index contributed by atoms with van der Waals surface area (Å²) in [7, 11) is -4.75. The van der Waals surface area contributed by atoms with Gasteiger partial charge in [-0.05, 0) is 31.2 Å². The molecule has 7 heteroatoms. The van der Waals surface area contributed by atoms with Crippen molar-refractivity contribution in [2.24, 2.45) is 0 Å². The average molecular weight is 279 g/mol. The van der Waals surface area contributed by atoms with Crippen LogP contribution in [0.15, 0.2) is 29.2 Å². The fraction of sp³-hybridized carbons (Fsp3) is 0.400. The third-order valence-corrected chi connectivity index (χ3v) is 4.99. The molecule has 0 saturated heterocycles. The summed E-state index contributed by atoms with van der Waals surface area (Å²) >= 11 is 0. The number of sulfonamides is 1. The highest BCUT2D eigenvalue weighted by Gasteiger charge is 2.16. The van der Waals surface area contributed by atoms with E-state index in [1.165, 1.54) is 18.4 Å². The van der Waals surface area contributed by atoms with Gasteiger partial charge in [-0.15, -0.1) is 0 Å². The Bertz CT molecular complexity index is 499. The van der Waals surface area contributed by atoms with Crippen molar-refractivity contribution >= 4 is 20.8 Å². The minimum absolute atomic E-state index is 0.00650. The van der Waals surface area contributed by atoms with E-state index in [1.807, 2.05) is 0 Å².